The quantitative estimate of drug-likeness (QED) is 0.313. The van der Waals surface area contributed by atoms with E-state index in [1.165, 1.54) is 17.6 Å². The molecule has 2 aromatic heterocycles. The van der Waals surface area contributed by atoms with Crippen molar-refractivity contribution in [3.63, 3.8) is 0 Å². The third-order valence-corrected chi connectivity index (χ3v) is 7.12. The molecule has 0 saturated heterocycles. The van der Waals surface area contributed by atoms with Crippen LogP contribution in [0.2, 0.25) is 10.0 Å². The molecule has 0 amide bonds. The summed E-state index contributed by atoms with van der Waals surface area (Å²) in [6.07, 6.45) is 1.82. The van der Waals surface area contributed by atoms with Crippen LogP contribution < -0.4 is 0 Å². The van der Waals surface area contributed by atoms with Crippen LogP contribution in [0.15, 0.2) is 40.9 Å². The van der Waals surface area contributed by atoms with Gasteiger partial charge >= 0.3 is 5.97 Å². The Kier molecular flexibility index (Phi) is 4.56. The summed E-state index contributed by atoms with van der Waals surface area (Å²) in [5, 5.41) is 13.7. The Hall–Kier alpha value is -3.49. The molecule has 2 aromatic carbocycles. The Balaban J connectivity index is 1.67. The second-order valence-electron chi connectivity index (χ2n) is 8.66. The lowest BCUT2D eigenvalue weighted by molar-refractivity contribution is -0.131. The summed E-state index contributed by atoms with van der Waals surface area (Å²) in [5.74, 6) is -2.92. The zero-order chi connectivity index (χ0) is 24.8. The molecule has 3 heterocycles. The number of aryl methyl sites for hydroxylation is 1. The maximum atomic E-state index is 16.6. The number of aromatic nitrogens is 2. The van der Waals surface area contributed by atoms with Crippen molar-refractivity contribution in [2.75, 3.05) is 0 Å². The lowest BCUT2D eigenvalue weighted by Crippen LogP contribution is -2.34. The summed E-state index contributed by atoms with van der Waals surface area (Å²) < 4.78 is 38.1. The van der Waals surface area contributed by atoms with Crippen molar-refractivity contribution in [1.82, 2.24) is 9.72 Å². The van der Waals surface area contributed by atoms with Crippen molar-refractivity contribution in [3.8, 4) is 11.3 Å². The number of aliphatic carboxylic acids is 1. The van der Waals surface area contributed by atoms with Crippen LogP contribution in [0.4, 0.5) is 8.78 Å². The minimum absolute atomic E-state index is 0.0507. The zero-order valence-corrected chi connectivity index (χ0v) is 19.5. The largest absolute Gasteiger partial charge is 0.478 e. The molecular formula is C25H14Cl2F2N2O4. The molecule has 0 fully saturated rings. The van der Waals surface area contributed by atoms with Crippen molar-refractivity contribution >= 4 is 51.6 Å². The predicted molar refractivity (Wildman–Crippen MR) is 125 cm³/mol. The van der Waals surface area contributed by atoms with E-state index in [2.05, 4.69) is 5.16 Å². The third kappa shape index (κ3) is 2.90. The van der Waals surface area contributed by atoms with Gasteiger partial charge in [-0.1, -0.05) is 40.5 Å². The molecule has 2 aliphatic rings. The second kappa shape index (κ2) is 7.26. The smallest absolute Gasteiger partial charge is 0.328 e. The van der Waals surface area contributed by atoms with Gasteiger partial charge in [-0.3, -0.25) is 9.36 Å². The van der Waals surface area contributed by atoms with E-state index < -0.39 is 23.4 Å². The van der Waals surface area contributed by atoms with Gasteiger partial charge in [0.25, 0.3) is 5.91 Å². The van der Waals surface area contributed by atoms with Crippen LogP contribution in [-0.2, 0) is 16.9 Å². The summed E-state index contributed by atoms with van der Waals surface area (Å²) >= 11 is 12.1. The highest BCUT2D eigenvalue weighted by molar-refractivity contribution is 6.36. The van der Waals surface area contributed by atoms with Crippen molar-refractivity contribution in [3.05, 3.63) is 80.4 Å². The molecule has 1 unspecified atom stereocenters. The van der Waals surface area contributed by atoms with E-state index in [1.807, 2.05) is 0 Å². The SMILES string of the molecule is CC1(F)c2onc(-c3c(F)cc(Cl)cc3Cl)c2C(=O)n2c1c1c3c(cccc32)/C(=C/C(=O)O)CC1. The van der Waals surface area contributed by atoms with Crippen molar-refractivity contribution in [1.29, 1.82) is 0 Å². The van der Waals surface area contributed by atoms with Crippen molar-refractivity contribution in [2.45, 2.75) is 25.4 Å². The normalized spacial score (nSPS) is 19.8. The first-order valence-electron chi connectivity index (χ1n) is 10.6. The van der Waals surface area contributed by atoms with E-state index >= 15 is 4.39 Å². The molecule has 35 heavy (non-hydrogen) atoms. The number of alkyl halides is 1. The molecular weight excluding hydrogens is 501 g/mol. The highest BCUT2D eigenvalue weighted by Crippen LogP contribution is 2.51. The fraction of sp³-hybridized carbons (Fsp3) is 0.160. The fourth-order valence-corrected chi connectivity index (χ4v) is 5.85. The number of carbonyl (C=O) groups is 2. The molecule has 0 spiro atoms. The number of nitrogens with zero attached hydrogens (tertiary/aromatic N) is 2. The Bertz CT molecular complexity index is 1640. The van der Waals surface area contributed by atoms with Crippen molar-refractivity contribution < 1.29 is 28.0 Å². The topological polar surface area (TPSA) is 85.3 Å². The zero-order valence-electron chi connectivity index (χ0n) is 18.0. The monoisotopic (exact) mass is 514 g/mol. The number of hydrogen-bond donors (Lipinski definition) is 1. The number of rotatable bonds is 2. The van der Waals surface area contributed by atoms with Gasteiger partial charge in [-0.15, -0.1) is 0 Å². The van der Waals surface area contributed by atoms with Crippen LogP contribution in [0.5, 0.6) is 0 Å². The first kappa shape index (κ1) is 22.0. The van der Waals surface area contributed by atoms with Crippen LogP contribution in [0, 0.1) is 5.82 Å². The number of carbonyl (C=O) groups excluding carboxylic acids is 1. The van der Waals surface area contributed by atoms with Gasteiger partial charge in [-0.05, 0) is 54.7 Å². The number of carboxylic acid groups (broad SMARTS) is 1. The lowest BCUT2D eigenvalue weighted by Gasteiger charge is -2.27. The third-order valence-electron chi connectivity index (χ3n) is 6.61. The molecule has 0 radical (unpaired) electrons. The van der Waals surface area contributed by atoms with E-state index in [1.54, 1.807) is 18.2 Å². The van der Waals surface area contributed by atoms with Gasteiger partial charge in [0.2, 0.25) is 5.67 Å². The van der Waals surface area contributed by atoms with E-state index in [0.29, 0.717) is 40.4 Å². The average Bonchev–Trinajstić information content (AvgIpc) is 3.36. The van der Waals surface area contributed by atoms with Crippen LogP contribution in [0.3, 0.4) is 0 Å². The molecule has 1 aliphatic heterocycles. The van der Waals surface area contributed by atoms with Gasteiger partial charge in [0.05, 0.1) is 21.8 Å². The molecule has 176 valence electrons. The molecule has 1 atom stereocenters. The van der Waals surface area contributed by atoms with E-state index in [9.17, 15) is 19.1 Å². The molecule has 4 aromatic rings. The Labute approximate surface area is 206 Å². The minimum atomic E-state index is -2.29. The van der Waals surface area contributed by atoms with E-state index in [-0.39, 0.29) is 38.3 Å². The molecule has 6 rings (SSSR count). The molecule has 1 aliphatic carbocycles. The lowest BCUT2D eigenvalue weighted by atomic mass is 9.83. The maximum absolute atomic E-state index is 16.6. The minimum Gasteiger partial charge on any atom is -0.478 e. The van der Waals surface area contributed by atoms with Gasteiger partial charge in [-0.25, -0.2) is 13.6 Å². The first-order chi connectivity index (χ1) is 16.6. The predicted octanol–water partition coefficient (Wildman–Crippen LogP) is 6.39. The van der Waals surface area contributed by atoms with E-state index in [0.717, 1.165) is 12.1 Å². The first-order valence-corrected chi connectivity index (χ1v) is 11.4. The summed E-state index contributed by atoms with van der Waals surface area (Å²) in [6, 6.07) is 7.41. The molecule has 6 nitrogen and oxygen atoms in total. The number of hydrogen-bond acceptors (Lipinski definition) is 4. The average molecular weight is 515 g/mol. The van der Waals surface area contributed by atoms with Gasteiger partial charge in [0.15, 0.2) is 5.76 Å². The Morgan fingerprint density at radius 1 is 1.26 bits per heavy atom. The number of benzene rings is 2. The number of allylic oxidation sites excluding steroid dienone is 1. The second-order valence-corrected chi connectivity index (χ2v) is 9.50. The summed E-state index contributed by atoms with van der Waals surface area (Å²) in [6.45, 7) is 1.26. The van der Waals surface area contributed by atoms with Crippen molar-refractivity contribution in [2.24, 2.45) is 0 Å². The molecule has 0 saturated carbocycles. The van der Waals surface area contributed by atoms with Crippen LogP contribution in [0.1, 0.15) is 46.3 Å². The Morgan fingerprint density at radius 2 is 2.03 bits per heavy atom. The maximum Gasteiger partial charge on any atom is 0.328 e. The summed E-state index contributed by atoms with van der Waals surface area (Å²) in [7, 11) is 0. The summed E-state index contributed by atoms with van der Waals surface area (Å²) in [4.78, 5) is 25.2. The molecule has 0 bridgehead atoms. The van der Waals surface area contributed by atoms with Gasteiger partial charge in [0, 0.05) is 16.5 Å². The number of fused-ring (bicyclic) bond motifs is 4. The highest BCUT2D eigenvalue weighted by Gasteiger charge is 2.50. The fourth-order valence-electron chi connectivity index (χ4n) is 5.29. The number of carboxylic acids is 1. The van der Waals surface area contributed by atoms with Gasteiger partial charge in [-0.2, -0.15) is 0 Å². The van der Waals surface area contributed by atoms with Crippen LogP contribution >= 0.6 is 23.2 Å². The highest BCUT2D eigenvalue weighted by atomic mass is 35.5. The van der Waals surface area contributed by atoms with Crippen LogP contribution in [0.25, 0.3) is 27.7 Å². The van der Waals surface area contributed by atoms with E-state index in [4.69, 9.17) is 27.7 Å². The van der Waals surface area contributed by atoms with Crippen LogP contribution in [-0.4, -0.2) is 26.7 Å². The molecule has 10 heteroatoms. The molecule has 1 N–H and O–H groups in total. The van der Waals surface area contributed by atoms with Gasteiger partial charge < -0.3 is 9.63 Å². The number of halogens is 4. The Morgan fingerprint density at radius 3 is 2.74 bits per heavy atom. The standard InChI is InChI=1S/C25H14Cl2F2N2O4/c1-25(29)22-13-6-5-10(7-17(32)33)12-3-2-4-16(18(12)13)31(22)24(34)20-21(30-35-23(20)25)19-14(27)8-11(26)9-15(19)28/h2-4,7-9H,5-6H2,1H3,(H,32,33)/b10-7+. The van der Waals surface area contributed by atoms with Gasteiger partial charge in [0.1, 0.15) is 17.1 Å². The summed E-state index contributed by atoms with van der Waals surface area (Å²) in [5.41, 5.74) is -0.657.